The molecule has 3 amide bonds. The molecular formula is C25H26N2O4. The van der Waals surface area contributed by atoms with Gasteiger partial charge in [0.25, 0.3) is 5.91 Å². The number of aryl methyl sites for hydroxylation is 1. The normalized spacial score (nSPS) is 18.8. The molecule has 6 heteroatoms. The standard InChI is InChI=1S/C25H26N2O4/c1-5-25(18-9-7-6-8-10-18)23(29)27(24(30)26-25)14-17-12-22(28)31-21-11-16(4)19(15(2)3)13-20(17)21/h6-13,15H,5,14H2,1-4H3,(H,26,30)/t25-/m0/s1. The van der Waals surface area contributed by atoms with Crippen molar-refractivity contribution in [3.8, 4) is 0 Å². The Kier molecular flexibility index (Phi) is 5.17. The van der Waals surface area contributed by atoms with Crippen molar-refractivity contribution in [2.75, 3.05) is 0 Å². The van der Waals surface area contributed by atoms with Crippen LogP contribution in [0, 0.1) is 6.92 Å². The number of imide groups is 1. The fourth-order valence-corrected chi connectivity index (χ4v) is 4.45. The molecule has 1 aromatic heterocycles. The van der Waals surface area contributed by atoms with Gasteiger partial charge in [-0.2, -0.15) is 0 Å². The van der Waals surface area contributed by atoms with Crippen LogP contribution in [0.5, 0.6) is 0 Å². The van der Waals surface area contributed by atoms with Crippen LogP contribution in [-0.4, -0.2) is 16.8 Å². The second kappa shape index (κ2) is 7.69. The molecule has 1 saturated heterocycles. The Hall–Kier alpha value is -3.41. The average Bonchev–Trinajstić information content (AvgIpc) is 2.98. The number of urea groups is 1. The van der Waals surface area contributed by atoms with Gasteiger partial charge in [-0.3, -0.25) is 9.69 Å². The van der Waals surface area contributed by atoms with Crippen LogP contribution in [0.4, 0.5) is 4.79 Å². The van der Waals surface area contributed by atoms with E-state index in [-0.39, 0.29) is 18.4 Å². The second-order valence-electron chi connectivity index (χ2n) is 8.40. The zero-order chi connectivity index (χ0) is 22.3. The molecule has 0 unspecified atom stereocenters. The SMILES string of the molecule is CC[C@@]1(c2ccccc2)NC(=O)N(Cc2cc(=O)oc3cc(C)c(C(C)C)cc23)C1=O. The van der Waals surface area contributed by atoms with Gasteiger partial charge in [0.15, 0.2) is 0 Å². The molecule has 4 rings (SSSR count). The van der Waals surface area contributed by atoms with Crippen LogP contribution in [0.25, 0.3) is 11.0 Å². The zero-order valence-corrected chi connectivity index (χ0v) is 18.2. The number of carbonyl (C=O) groups is 2. The van der Waals surface area contributed by atoms with Crippen LogP contribution in [-0.2, 0) is 16.9 Å². The van der Waals surface area contributed by atoms with E-state index in [2.05, 4.69) is 19.2 Å². The lowest BCUT2D eigenvalue weighted by Gasteiger charge is -2.25. The van der Waals surface area contributed by atoms with Crippen LogP contribution in [0.3, 0.4) is 0 Å². The molecule has 1 aliphatic heterocycles. The molecular weight excluding hydrogens is 392 g/mol. The highest BCUT2D eigenvalue weighted by Gasteiger charge is 2.51. The smallest absolute Gasteiger partial charge is 0.336 e. The van der Waals surface area contributed by atoms with Gasteiger partial charge in [-0.15, -0.1) is 0 Å². The lowest BCUT2D eigenvalue weighted by molar-refractivity contribution is -0.132. The Labute approximate surface area is 180 Å². The van der Waals surface area contributed by atoms with Gasteiger partial charge in [0.1, 0.15) is 11.1 Å². The van der Waals surface area contributed by atoms with Crippen LogP contribution >= 0.6 is 0 Å². The summed E-state index contributed by atoms with van der Waals surface area (Å²) in [7, 11) is 0. The summed E-state index contributed by atoms with van der Waals surface area (Å²) in [4.78, 5) is 39.7. The van der Waals surface area contributed by atoms with Gasteiger partial charge in [0.2, 0.25) is 0 Å². The van der Waals surface area contributed by atoms with Crippen molar-refractivity contribution in [2.24, 2.45) is 0 Å². The van der Waals surface area contributed by atoms with Crippen molar-refractivity contribution < 1.29 is 14.0 Å². The van der Waals surface area contributed by atoms with E-state index in [9.17, 15) is 14.4 Å². The fraction of sp³-hybridized carbons (Fsp3) is 0.320. The summed E-state index contributed by atoms with van der Waals surface area (Å²) >= 11 is 0. The molecule has 160 valence electrons. The van der Waals surface area contributed by atoms with Crippen molar-refractivity contribution in [2.45, 2.75) is 52.1 Å². The first kappa shape index (κ1) is 20.8. The summed E-state index contributed by atoms with van der Waals surface area (Å²) in [5.74, 6) is -0.0319. The van der Waals surface area contributed by atoms with Gasteiger partial charge < -0.3 is 9.73 Å². The van der Waals surface area contributed by atoms with Gasteiger partial charge in [0.05, 0.1) is 6.54 Å². The van der Waals surface area contributed by atoms with Crippen molar-refractivity contribution in [1.82, 2.24) is 10.2 Å². The summed E-state index contributed by atoms with van der Waals surface area (Å²) in [6.07, 6.45) is 0.423. The molecule has 2 heterocycles. The molecule has 0 spiro atoms. The molecule has 1 atom stereocenters. The average molecular weight is 418 g/mol. The zero-order valence-electron chi connectivity index (χ0n) is 18.2. The van der Waals surface area contributed by atoms with Gasteiger partial charge >= 0.3 is 11.7 Å². The first-order valence-corrected chi connectivity index (χ1v) is 10.5. The number of benzene rings is 2. The summed E-state index contributed by atoms with van der Waals surface area (Å²) in [6.45, 7) is 8.05. The number of rotatable bonds is 5. The van der Waals surface area contributed by atoms with E-state index in [1.807, 2.05) is 56.3 Å². The maximum atomic E-state index is 13.5. The van der Waals surface area contributed by atoms with E-state index < -0.39 is 17.2 Å². The van der Waals surface area contributed by atoms with Crippen molar-refractivity contribution >= 4 is 22.9 Å². The highest BCUT2D eigenvalue weighted by Crippen LogP contribution is 2.34. The molecule has 0 aliphatic carbocycles. The van der Waals surface area contributed by atoms with Crippen LogP contribution < -0.4 is 10.9 Å². The van der Waals surface area contributed by atoms with Gasteiger partial charge in [-0.25, -0.2) is 9.59 Å². The van der Waals surface area contributed by atoms with Crippen LogP contribution in [0.15, 0.2) is 57.7 Å². The van der Waals surface area contributed by atoms with E-state index in [1.54, 1.807) is 0 Å². The highest BCUT2D eigenvalue weighted by molar-refractivity contribution is 6.07. The predicted molar refractivity (Wildman–Crippen MR) is 119 cm³/mol. The monoisotopic (exact) mass is 418 g/mol. The Morgan fingerprint density at radius 1 is 1.06 bits per heavy atom. The Bertz CT molecular complexity index is 1230. The van der Waals surface area contributed by atoms with E-state index in [0.717, 1.165) is 22.1 Å². The number of carbonyl (C=O) groups excluding carboxylic acids is 2. The number of nitrogens with one attached hydrogen (secondary N) is 1. The molecule has 3 aromatic rings. The number of amides is 3. The lowest BCUT2D eigenvalue weighted by Crippen LogP contribution is -2.43. The second-order valence-corrected chi connectivity index (χ2v) is 8.40. The molecule has 1 fully saturated rings. The number of hydrogen-bond donors (Lipinski definition) is 1. The topological polar surface area (TPSA) is 79.6 Å². The van der Waals surface area contributed by atoms with E-state index in [0.29, 0.717) is 17.6 Å². The molecule has 2 aromatic carbocycles. The van der Waals surface area contributed by atoms with E-state index in [4.69, 9.17) is 4.42 Å². The number of hydrogen-bond acceptors (Lipinski definition) is 4. The third-order valence-electron chi connectivity index (χ3n) is 6.14. The first-order chi connectivity index (χ1) is 14.8. The van der Waals surface area contributed by atoms with Crippen molar-refractivity contribution in [3.63, 3.8) is 0 Å². The summed E-state index contributed by atoms with van der Waals surface area (Å²) in [6, 6.07) is 14.0. The molecule has 0 saturated carbocycles. The first-order valence-electron chi connectivity index (χ1n) is 10.5. The van der Waals surface area contributed by atoms with Crippen LogP contribution in [0.2, 0.25) is 0 Å². The van der Waals surface area contributed by atoms with Crippen LogP contribution in [0.1, 0.15) is 55.4 Å². The number of nitrogens with zero attached hydrogens (tertiary/aromatic N) is 1. The molecule has 0 radical (unpaired) electrons. The summed E-state index contributed by atoms with van der Waals surface area (Å²) in [5, 5.41) is 3.63. The van der Waals surface area contributed by atoms with E-state index >= 15 is 0 Å². The summed E-state index contributed by atoms with van der Waals surface area (Å²) < 4.78 is 5.41. The molecule has 6 nitrogen and oxygen atoms in total. The minimum Gasteiger partial charge on any atom is -0.423 e. The molecule has 0 bridgehead atoms. The van der Waals surface area contributed by atoms with Crippen molar-refractivity contribution in [3.05, 3.63) is 81.2 Å². The quantitative estimate of drug-likeness (QED) is 0.486. The fourth-order valence-electron chi connectivity index (χ4n) is 4.45. The van der Waals surface area contributed by atoms with Gasteiger partial charge in [-0.1, -0.05) is 51.1 Å². The molecule has 1 aliphatic rings. The maximum absolute atomic E-state index is 13.5. The number of fused-ring (bicyclic) bond motifs is 1. The minimum absolute atomic E-state index is 0.00193. The molecule has 31 heavy (non-hydrogen) atoms. The highest BCUT2D eigenvalue weighted by atomic mass is 16.4. The van der Waals surface area contributed by atoms with Crippen molar-refractivity contribution in [1.29, 1.82) is 0 Å². The lowest BCUT2D eigenvalue weighted by atomic mass is 9.87. The third kappa shape index (κ3) is 3.42. The van der Waals surface area contributed by atoms with Gasteiger partial charge in [0, 0.05) is 11.5 Å². The Morgan fingerprint density at radius 3 is 2.42 bits per heavy atom. The van der Waals surface area contributed by atoms with Gasteiger partial charge in [-0.05, 0) is 53.6 Å². The Morgan fingerprint density at radius 2 is 1.77 bits per heavy atom. The maximum Gasteiger partial charge on any atom is 0.336 e. The largest absolute Gasteiger partial charge is 0.423 e. The third-order valence-corrected chi connectivity index (χ3v) is 6.14. The molecule has 1 N–H and O–H groups in total. The minimum atomic E-state index is -1.10. The predicted octanol–water partition coefficient (Wildman–Crippen LogP) is 4.58. The summed E-state index contributed by atoms with van der Waals surface area (Å²) in [5.41, 5.74) is 2.36. The van der Waals surface area contributed by atoms with E-state index in [1.165, 1.54) is 11.0 Å². The Balaban J connectivity index is 1.79.